The van der Waals surface area contributed by atoms with Gasteiger partial charge in [-0.25, -0.2) is 4.79 Å². The topological polar surface area (TPSA) is 70.0 Å². The molecule has 0 aliphatic carbocycles. The first-order valence-corrected chi connectivity index (χ1v) is 7.69. The summed E-state index contributed by atoms with van der Waals surface area (Å²) in [6.45, 7) is 7.43. The molecule has 4 atom stereocenters. The number of carbonyl (C=O) groups excluding carboxylic acids is 1. The summed E-state index contributed by atoms with van der Waals surface area (Å²) in [7, 11) is 0. The molecular weight excluding hydrogens is 258 g/mol. The second-order valence-electron chi connectivity index (χ2n) is 6.55. The number of carbonyl (C=O) groups is 1. The van der Waals surface area contributed by atoms with Gasteiger partial charge in [-0.2, -0.15) is 0 Å². The van der Waals surface area contributed by atoms with Gasteiger partial charge in [-0.05, 0) is 45.2 Å². The van der Waals surface area contributed by atoms with Crippen molar-refractivity contribution in [3.05, 3.63) is 0 Å². The van der Waals surface area contributed by atoms with Crippen molar-refractivity contribution in [3.63, 3.8) is 0 Å². The van der Waals surface area contributed by atoms with Crippen molar-refractivity contribution in [2.75, 3.05) is 19.7 Å². The van der Waals surface area contributed by atoms with E-state index >= 15 is 0 Å². The molecule has 0 amide bonds. The molecular formula is C15H27NO4. The Bertz CT molecular complexity index is 348. The van der Waals surface area contributed by atoms with Crippen LogP contribution in [0.5, 0.6) is 0 Å². The molecule has 2 N–H and O–H groups in total. The molecule has 0 aromatic rings. The standard InChI is InChI=1S/C15H27NO4/c1-10(2)15(19,11(3)17)14(18)20-9-12-6-8-16-7-4-5-13(12)16/h10-13,17,19H,4-9H2,1-3H3/t11-,12-,13+,15+/m1/s1. The summed E-state index contributed by atoms with van der Waals surface area (Å²) < 4.78 is 5.35. The highest BCUT2D eigenvalue weighted by atomic mass is 16.6. The third kappa shape index (κ3) is 2.71. The zero-order chi connectivity index (χ0) is 14.9. The Hall–Kier alpha value is -0.650. The van der Waals surface area contributed by atoms with Crippen molar-refractivity contribution in [2.24, 2.45) is 11.8 Å². The van der Waals surface area contributed by atoms with Crippen molar-refractivity contribution in [1.82, 2.24) is 4.90 Å². The van der Waals surface area contributed by atoms with Crippen molar-refractivity contribution < 1.29 is 19.7 Å². The van der Waals surface area contributed by atoms with Gasteiger partial charge in [0.1, 0.15) is 0 Å². The molecule has 0 aromatic carbocycles. The van der Waals surface area contributed by atoms with E-state index in [9.17, 15) is 15.0 Å². The van der Waals surface area contributed by atoms with E-state index < -0.39 is 17.7 Å². The van der Waals surface area contributed by atoms with Crippen molar-refractivity contribution >= 4 is 5.97 Å². The van der Waals surface area contributed by atoms with Crippen LogP contribution < -0.4 is 0 Å². The zero-order valence-electron chi connectivity index (χ0n) is 12.7. The van der Waals surface area contributed by atoms with Crippen molar-refractivity contribution in [1.29, 1.82) is 0 Å². The van der Waals surface area contributed by atoms with Gasteiger partial charge in [0.25, 0.3) is 0 Å². The summed E-state index contributed by atoms with van der Waals surface area (Å²) in [5, 5.41) is 20.1. The molecule has 0 bridgehead atoms. The predicted octanol–water partition coefficient (Wildman–Crippen LogP) is 0.782. The zero-order valence-corrected chi connectivity index (χ0v) is 12.7. The molecule has 0 saturated carbocycles. The molecule has 20 heavy (non-hydrogen) atoms. The van der Waals surface area contributed by atoms with Crippen LogP contribution in [0, 0.1) is 11.8 Å². The number of fused-ring (bicyclic) bond motifs is 1. The number of ether oxygens (including phenoxy) is 1. The molecule has 5 heteroatoms. The first kappa shape index (κ1) is 15.7. The maximum Gasteiger partial charge on any atom is 0.341 e. The maximum absolute atomic E-state index is 12.2. The van der Waals surface area contributed by atoms with Gasteiger partial charge in [0.05, 0.1) is 12.7 Å². The second kappa shape index (κ2) is 6.00. The molecule has 2 rings (SSSR count). The number of esters is 1. The molecule has 2 aliphatic heterocycles. The van der Waals surface area contributed by atoms with Crippen LogP contribution in [0.2, 0.25) is 0 Å². The summed E-state index contributed by atoms with van der Waals surface area (Å²) in [6.07, 6.45) is 2.31. The van der Waals surface area contributed by atoms with Crippen LogP contribution in [0.15, 0.2) is 0 Å². The largest absolute Gasteiger partial charge is 0.463 e. The monoisotopic (exact) mass is 285 g/mol. The third-order valence-electron chi connectivity index (χ3n) is 5.02. The van der Waals surface area contributed by atoms with Gasteiger partial charge in [-0.1, -0.05) is 13.8 Å². The smallest absolute Gasteiger partial charge is 0.341 e. The lowest BCUT2D eigenvalue weighted by molar-refractivity contribution is -0.186. The summed E-state index contributed by atoms with van der Waals surface area (Å²) in [6, 6.07) is 0.529. The fourth-order valence-electron chi connectivity index (χ4n) is 3.57. The highest BCUT2D eigenvalue weighted by molar-refractivity contribution is 5.80. The lowest BCUT2D eigenvalue weighted by atomic mass is 9.85. The Balaban J connectivity index is 1.91. The molecule has 116 valence electrons. The number of aliphatic hydroxyl groups excluding tert-OH is 1. The molecule has 0 aromatic heterocycles. The van der Waals surface area contributed by atoms with E-state index in [1.807, 2.05) is 0 Å². The highest BCUT2D eigenvalue weighted by Crippen LogP contribution is 2.33. The molecule has 2 aliphatic rings. The van der Waals surface area contributed by atoms with E-state index in [0.29, 0.717) is 18.6 Å². The molecule has 2 fully saturated rings. The predicted molar refractivity (Wildman–Crippen MR) is 75.1 cm³/mol. The maximum atomic E-state index is 12.2. The van der Waals surface area contributed by atoms with E-state index in [1.165, 1.54) is 19.8 Å². The van der Waals surface area contributed by atoms with E-state index in [0.717, 1.165) is 19.5 Å². The van der Waals surface area contributed by atoms with Crippen LogP contribution in [0.3, 0.4) is 0 Å². The third-order valence-corrected chi connectivity index (χ3v) is 5.02. The Morgan fingerprint density at radius 2 is 2.05 bits per heavy atom. The van der Waals surface area contributed by atoms with Crippen molar-refractivity contribution in [3.8, 4) is 0 Å². The molecule has 0 unspecified atom stereocenters. The number of hydrogen-bond donors (Lipinski definition) is 2. The molecule has 2 saturated heterocycles. The summed E-state index contributed by atoms with van der Waals surface area (Å²) in [5.74, 6) is -0.715. The molecule has 0 spiro atoms. The Morgan fingerprint density at radius 3 is 2.65 bits per heavy atom. The van der Waals surface area contributed by atoms with Crippen LogP contribution >= 0.6 is 0 Å². The Labute approximate surface area is 120 Å². The fraction of sp³-hybridized carbons (Fsp3) is 0.933. The lowest BCUT2D eigenvalue weighted by Crippen LogP contribution is -2.53. The highest BCUT2D eigenvalue weighted by Gasteiger charge is 2.46. The van der Waals surface area contributed by atoms with E-state index in [-0.39, 0.29) is 5.92 Å². The van der Waals surface area contributed by atoms with Gasteiger partial charge in [0, 0.05) is 12.0 Å². The minimum absolute atomic E-state index is 0.349. The number of nitrogens with zero attached hydrogens (tertiary/aromatic N) is 1. The average Bonchev–Trinajstić information content (AvgIpc) is 2.97. The molecule has 2 heterocycles. The van der Waals surface area contributed by atoms with E-state index in [2.05, 4.69) is 4.90 Å². The van der Waals surface area contributed by atoms with E-state index in [1.54, 1.807) is 13.8 Å². The Morgan fingerprint density at radius 1 is 1.35 bits per heavy atom. The Kier molecular flexibility index (Phi) is 4.72. The molecule has 5 nitrogen and oxygen atoms in total. The average molecular weight is 285 g/mol. The first-order valence-electron chi connectivity index (χ1n) is 7.69. The normalized spacial score (nSPS) is 31.1. The first-order chi connectivity index (χ1) is 9.37. The van der Waals surface area contributed by atoms with Crippen molar-refractivity contribution in [2.45, 2.75) is 57.8 Å². The second-order valence-corrected chi connectivity index (χ2v) is 6.55. The van der Waals surface area contributed by atoms with Crippen LogP contribution in [0.4, 0.5) is 0 Å². The minimum Gasteiger partial charge on any atom is -0.463 e. The van der Waals surface area contributed by atoms with Gasteiger partial charge < -0.3 is 14.9 Å². The van der Waals surface area contributed by atoms with Gasteiger partial charge >= 0.3 is 5.97 Å². The van der Waals surface area contributed by atoms with Crippen LogP contribution in [0.1, 0.15) is 40.0 Å². The summed E-state index contributed by atoms with van der Waals surface area (Å²) in [4.78, 5) is 14.6. The number of rotatable bonds is 5. The fourth-order valence-corrected chi connectivity index (χ4v) is 3.57. The van der Waals surface area contributed by atoms with Crippen LogP contribution in [-0.2, 0) is 9.53 Å². The van der Waals surface area contributed by atoms with Gasteiger partial charge in [-0.15, -0.1) is 0 Å². The quantitative estimate of drug-likeness (QED) is 0.731. The summed E-state index contributed by atoms with van der Waals surface area (Å²) in [5.41, 5.74) is -1.81. The SMILES string of the molecule is CC(C)[C@@](O)(C(=O)OC[C@H]1CCN2CCC[C@@H]12)[C@@H](C)O. The summed E-state index contributed by atoms with van der Waals surface area (Å²) >= 11 is 0. The minimum atomic E-state index is -1.81. The van der Waals surface area contributed by atoms with Gasteiger partial charge in [-0.3, -0.25) is 4.90 Å². The van der Waals surface area contributed by atoms with Crippen LogP contribution in [0.25, 0.3) is 0 Å². The lowest BCUT2D eigenvalue weighted by Gasteiger charge is -2.33. The molecule has 0 radical (unpaired) electrons. The van der Waals surface area contributed by atoms with E-state index in [4.69, 9.17) is 4.74 Å². The van der Waals surface area contributed by atoms with Crippen LogP contribution in [-0.4, -0.2) is 58.5 Å². The van der Waals surface area contributed by atoms with Gasteiger partial charge in [0.2, 0.25) is 0 Å². The number of aliphatic hydroxyl groups is 2. The number of hydrogen-bond acceptors (Lipinski definition) is 5. The van der Waals surface area contributed by atoms with Gasteiger partial charge in [0.15, 0.2) is 5.60 Å².